The molecule has 606 valence electrons. The van der Waals surface area contributed by atoms with Crippen molar-refractivity contribution in [2.75, 3.05) is 39.6 Å². The van der Waals surface area contributed by atoms with Crippen molar-refractivity contribution in [1.82, 2.24) is 0 Å². The van der Waals surface area contributed by atoms with Crippen LogP contribution in [-0.4, -0.2) is 96.7 Å². The predicted octanol–water partition coefficient (Wildman–Crippen LogP) is 25.2. The summed E-state index contributed by atoms with van der Waals surface area (Å²) in [4.78, 5) is 73.1. The van der Waals surface area contributed by atoms with Crippen molar-refractivity contribution in [3.05, 3.63) is 0 Å². The van der Waals surface area contributed by atoms with Crippen molar-refractivity contribution in [2.45, 2.75) is 464 Å². The van der Waals surface area contributed by atoms with Crippen LogP contribution in [0.5, 0.6) is 0 Å². The van der Waals surface area contributed by atoms with Crippen LogP contribution in [0.2, 0.25) is 0 Å². The smallest absolute Gasteiger partial charge is 0.462 e. The molecule has 0 saturated carbocycles. The molecule has 0 bridgehead atoms. The molecule has 0 aromatic heterocycles. The van der Waals surface area contributed by atoms with Crippen molar-refractivity contribution in [2.24, 2.45) is 5.92 Å². The van der Waals surface area contributed by atoms with Crippen LogP contribution in [0.25, 0.3) is 0 Å². The normalized spacial score (nSPS) is 13.8. The summed E-state index contributed by atoms with van der Waals surface area (Å²) in [6.45, 7) is 7.37. The molecule has 102 heavy (non-hydrogen) atoms. The maximum absolute atomic E-state index is 13.1. The summed E-state index contributed by atoms with van der Waals surface area (Å²) in [5.41, 5.74) is 0. The standard InChI is InChI=1S/C83H162O17P2/c1-6-9-12-15-18-21-24-27-28-29-30-31-32-33-34-39-44-49-54-59-64-69-83(88)100-79(73-94-81(86)67-62-57-52-47-43-38-36-35-37-40-45-50-55-60-65-76(4)5)75-98-102(91,92)96-71-77(84)70-95-101(89,90)97-74-78(99-82(87)68-63-58-53-48-42-26-23-20-17-14-11-8-3)72-93-80(85)66-61-56-51-46-41-25-22-19-16-13-10-7-2/h76-79,84H,6-75H2,1-5H3,(H,89,90)(H,91,92)/t77-,78+,79+/m0/s1. The number of rotatable bonds is 83. The van der Waals surface area contributed by atoms with Crippen LogP contribution >= 0.6 is 15.6 Å². The van der Waals surface area contributed by atoms with Crippen LogP contribution < -0.4 is 0 Å². The number of aliphatic hydroxyl groups is 1. The largest absolute Gasteiger partial charge is 0.472 e. The summed E-state index contributed by atoms with van der Waals surface area (Å²) in [6.07, 6.45) is 67.9. The molecule has 0 amide bonds. The molecule has 0 saturated heterocycles. The highest BCUT2D eigenvalue weighted by Crippen LogP contribution is 2.45. The molecule has 0 aliphatic rings. The van der Waals surface area contributed by atoms with E-state index < -0.39 is 97.5 Å². The van der Waals surface area contributed by atoms with E-state index in [1.165, 1.54) is 270 Å². The summed E-state index contributed by atoms with van der Waals surface area (Å²) in [7, 11) is -9.92. The maximum Gasteiger partial charge on any atom is 0.472 e. The van der Waals surface area contributed by atoms with Crippen molar-refractivity contribution >= 4 is 39.5 Å². The number of carbonyl (C=O) groups is 4. The van der Waals surface area contributed by atoms with Gasteiger partial charge in [-0.15, -0.1) is 0 Å². The Kier molecular flexibility index (Phi) is 74.4. The number of hydrogen-bond acceptors (Lipinski definition) is 15. The first kappa shape index (κ1) is 100. The van der Waals surface area contributed by atoms with E-state index in [1.807, 2.05) is 0 Å². The van der Waals surface area contributed by atoms with Crippen LogP contribution in [-0.2, 0) is 65.4 Å². The highest BCUT2D eigenvalue weighted by atomic mass is 31.2. The Morgan fingerprint density at radius 3 is 0.667 bits per heavy atom. The number of unbranched alkanes of at least 4 members (excludes halogenated alkanes) is 55. The average Bonchev–Trinajstić information content (AvgIpc) is 0.917. The lowest BCUT2D eigenvalue weighted by Crippen LogP contribution is -2.30. The zero-order chi connectivity index (χ0) is 74.8. The molecule has 0 rings (SSSR count). The number of hydrogen-bond donors (Lipinski definition) is 3. The molecule has 0 aliphatic carbocycles. The minimum absolute atomic E-state index is 0.108. The van der Waals surface area contributed by atoms with E-state index in [1.54, 1.807) is 0 Å². The molecule has 0 aromatic carbocycles. The van der Waals surface area contributed by atoms with Gasteiger partial charge in [0.2, 0.25) is 0 Å². The summed E-state index contributed by atoms with van der Waals surface area (Å²) in [5, 5.41) is 10.7. The Labute approximate surface area is 626 Å². The number of phosphoric acid groups is 2. The van der Waals surface area contributed by atoms with Gasteiger partial charge in [-0.05, 0) is 31.6 Å². The Balaban J connectivity index is 5.22. The van der Waals surface area contributed by atoms with Crippen LogP contribution in [0.3, 0.4) is 0 Å². The summed E-state index contributed by atoms with van der Waals surface area (Å²) >= 11 is 0. The van der Waals surface area contributed by atoms with E-state index in [2.05, 4.69) is 34.6 Å². The summed E-state index contributed by atoms with van der Waals surface area (Å²) in [5.74, 6) is -1.30. The van der Waals surface area contributed by atoms with Gasteiger partial charge < -0.3 is 33.8 Å². The molecule has 3 N–H and O–H groups in total. The minimum Gasteiger partial charge on any atom is -0.462 e. The van der Waals surface area contributed by atoms with Crippen molar-refractivity contribution in [3.8, 4) is 0 Å². The van der Waals surface area contributed by atoms with E-state index in [0.717, 1.165) is 95.8 Å². The van der Waals surface area contributed by atoms with Gasteiger partial charge in [0.15, 0.2) is 12.2 Å². The topological polar surface area (TPSA) is 237 Å². The Hall–Kier alpha value is -1.94. The quantitative estimate of drug-likeness (QED) is 0.0222. The van der Waals surface area contributed by atoms with Crippen LogP contribution in [0.4, 0.5) is 0 Å². The number of carbonyl (C=O) groups excluding carboxylic acids is 4. The molecule has 0 radical (unpaired) electrons. The highest BCUT2D eigenvalue weighted by Gasteiger charge is 2.30. The Morgan fingerprint density at radius 2 is 0.451 bits per heavy atom. The van der Waals surface area contributed by atoms with Gasteiger partial charge in [0.05, 0.1) is 26.4 Å². The Bertz CT molecular complexity index is 1940. The number of phosphoric ester groups is 2. The SMILES string of the molecule is CCCCCCCCCCCCCCCCCCCCCCCC(=O)O[C@H](COC(=O)CCCCCCCCCCCCCCCCC(C)C)COP(=O)(O)OC[C@@H](O)COP(=O)(O)OC[C@@H](COC(=O)CCCCCCCCCCCCCC)OC(=O)CCCCCCCCCCCCCC. The highest BCUT2D eigenvalue weighted by molar-refractivity contribution is 7.47. The van der Waals surface area contributed by atoms with Gasteiger partial charge >= 0.3 is 39.5 Å². The molecular weight excluding hydrogens is 1330 g/mol. The van der Waals surface area contributed by atoms with Gasteiger partial charge in [-0.3, -0.25) is 37.3 Å². The van der Waals surface area contributed by atoms with Gasteiger partial charge in [0.25, 0.3) is 0 Å². The third kappa shape index (κ3) is 76.3. The second-order valence-corrected chi connectivity index (χ2v) is 33.3. The van der Waals surface area contributed by atoms with Gasteiger partial charge in [0, 0.05) is 25.7 Å². The second-order valence-electron chi connectivity index (χ2n) is 30.3. The van der Waals surface area contributed by atoms with E-state index in [9.17, 15) is 43.2 Å². The summed E-state index contributed by atoms with van der Waals surface area (Å²) in [6, 6.07) is 0. The zero-order valence-electron chi connectivity index (χ0n) is 66.8. The molecule has 19 heteroatoms. The number of aliphatic hydroxyl groups excluding tert-OH is 1. The van der Waals surface area contributed by atoms with Gasteiger partial charge in [-0.2, -0.15) is 0 Å². The fourth-order valence-electron chi connectivity index (χ4n) is 12.9. The molecule has 0 fully saturated rings. The molecular formula is C83H162O17P2. The first-order valence-electron chi connectivity index (χ1n) is 43.1. The molecule has 0 aliphatic heterocycles. The zero-order valence-corrected chi connectivity index (χ0v) is 68.5. The lowest BCUT2D eigenvalue weighted by Gasteiger charge is -2.21. The summed E-state index contributed by atoms with van der Waals surface area (Å²) < 4.78 is 68.8. The molecule has 5 atom stereocenters. The van der Waals surface area contributed by atoms with Crippen LogP contribution in [0, 0.1) is 5.92 Å². The molecule has 2 unspecified atom stereocenters. The monoisotopic (exact) mass is 1490 g/mol. The minimum atomic E-state index is -4.96. The first-order valence-corrected chi connectivity index (χ1v) is 46.1. The fourth-order valence-corrected chi connectivity index (χ4v) is 14.5. The Morgan fingerprint density at radius 1 is 0.265 bits per heavy atom. The van der Waals surface area contributed by atoms with E-state index >= 15 is 0 Å². The van der Waals surface area contributed by atoms with Crippen molar-refractivity contribution < 1.29 is 80.2 Å². The first-order chi connectivity index (χ1) is 49.5. The van der Waals surface area contributed by atoms with Gasteiger partial charge in [0.1, 0.15) is 19.3 Å². The molecule has 0 spiro atoms. The average molecular weight is 1490 g/mol. The molecule has 0 heterocycles. The maximum atomic E-state index is 13.1. The van der Waals surface area contributed by atoms with Gasteiger partial charge in [-0.25, -0.2) is 9.13 Å². The third-order valence-electron chi connectivity index (χ3n) is 19.5. The lowest BCUT2D eigenvalue weighted by molar-refractivity contribution is -0.161. The second kappa shape index (κ2) is 75.9. The predicted molar refractivity (Wildman–Crippen MR) is 418 cm³/mol. The van der Waals surface area contributed by atoms with Gasteiger partial charge in [-0.1, -0.05) is 394 Å². The van der Waals surface area contributed by atoms with Crippen molar-refractivity contribution in [1.29, 1.82) is 0 Å². The van der Waals surface area contributed by atoms with E-state index in [4.69, 9.17) is 37.0 Å². The van der Waals surface area contributed by atoms with E-state index in [-0.39, 0.29) is 25.7 Å². The molecule has 17 nitrogen and oxygen atoms in total. The van der Waals surface area contributed by atoms with Crippen LogP contribution in [0.1, 0.15) is 446 Å². The number of esters is 4. The molecule has 0 aromatic rings. The van der Waals surface area contributed by atoms with Crippen LogP contribution in [0.15, 0.2) is 0 Å². The lowest BCUT2D eigenvalue weighted by atomic mass is 10.0. The van der Waals surface area contributed by atoms with E-state index in [0.29, 0.717) is 25.7 Å². The fraction of sp³-hybridized carbons (Fsp3) is 0.952. The van der Waals surface area contributed by atoms with Crippen molar-refractivity contribution in [3.63, 3.8) is 0 Å². The third-order valence-corrected chi connectivity index (χ3v) is 21.4. The number of ether oxygens (including phenoxy) is 4.